The van der Waals surface area contributed by atoms with E-state index in [2.05, 4.69) is 0 Å². The van der Waals surface area contributed by atoms with Crippen molar-refractivity contribution in [1.29, 1.82) is 0 Å². The molecule has 4 rings (SSSR count). The van der Waals surface area contributed by atoms with E-state index in [1.807, 2.05) is 11.8 Å². The van der Waals surface area contributed by atoms with Gasteiger partial charge in [0.25, 0.3) is 0 Å². The van der Waals surface area contributed by atoms with Gasteiger partial charge in [0.15, 0.2) is 0 Å². The maximum Gasteiger partial charge on any atom is 0.414 e. The summed E-state index contributed by atoms with van der Waals surface area (Å²) in [5, 5.41) is 0. The second-order valence-corrected chi connectivity index (χ2v) is 7.14. The smallest absolute Gasteiger partial charge is 0.414 e. The molecular formula is C15H16F2N2O2S. The van der Waals surface area contributed by atoms with Crippen LogP contribution in [0.3, 0.4) is 0 Å². The molecule has 1 saturated carbocycles. The fourth-order valence-electron chi connectivity index (χ4n) is 3.57. The SMILES string of the molecule is NC[C@H]1CN(c2cc(F)c([C@H]3[C@@H]4CSC[C@@H]43)c(F)c2)C(=O)O1. The van der Waals surface area contributed by atoms with Gasteiger partial charge in [0.2, 0.25) is 0 Å². The largest absolute Gasteiger partial charge is 0.443 e. The first kappa shape index (κ1) is 14.3. The number of amides is 1. The number of nitrogens with two attached hydrogens (primary N) is 1. The van der Waals surface area contributed by atoms with Gasteiger partial charge in [-0.15, -0.1) is 0 Å². The number of rotatable bonds is 3. The molecule has 2 heterocycles. The van der Waals surface area contributed by atoms with Gasteiger partial charge in [-0.05, 0) is 41.4 Å². The van der Waals surface area contributed by atoms with E-state index < -0.39 is 23.8 Å². The van der Waals surface area contributed by atoms with E-state index >= 15 is 0 Å². The van der Waals surface area contributed by atoms with Gasteiger partial charge in [0.1, 0.15) is 17.7 Å². The lowest BCUT2D eigenvalue weighted by atomic mass is 10.1. The van der Waals surface area contributed by atoms with Crippen LogP contribution in [0.4, 0.5) is 19.3 Å². The van der Waals surface area contributed by atoms with Crippen LogP contribution in [0.25, 0.3) is 0 Å². The van der Waals surface area contributed by atoms with Crippen molar-refractivity contribution >= 4 is 23.5 Å². The second kappa shape index (κ2) is 5.09. The van der Waals surface area contributed by atoms with E-state index in [9.17, 15) is 13.6 Å². The molecule has 7 heteroatoms. The Kier molecular flexibility index (Phi) is 3.30. The molecule has 0 bridgehead atoms. The molecule has 0 unspecified atom stereocenters. The lowest BCUT2D eigenvalue weighted by molar-refractivity contribution is 0.145. The number of halogens is 2. The van der Waals surface area contributed by atoms with E-state index in [1.165, 1.54) is 17.0 Å². The van der Waals surface area contributed by atoms with Gasteiger partial charge in [-0.2, -0.15) is 11.8 Å². The zero-order chi connectivity index (χ0) is 15.4. The zero-order valence-corrected chi connectivity index (χ0v) is 12.6. The number of hydrogen-bond acceptors (Lipinski definition) is 4. The average molecular weight is 326 g/mol. The van der Waals surface area contributed by atoms with Crippen LogP contribution in [-0.4, -0.2) is 36.8 Å². The van der Waals surface area contributed by atoms with Crippen molar-refractivity contribution in [2.24, 2.45) is 17.6 Å². The third kappa shape index (κ3) is 2.10. The highest BCUT2D eigenvalue weighted by molar-refractivity contribution is 7.99. The van der Waals surface area contributed by atoms with Gasteiger partial charge in [-0.3, -0.25) is 4.90 Å². The lowest BCUT2D eigenvalue weighted by Crippen LogP contribution is -2.27. The number of cyclic esters (lactones) is 1. The van der Waals surface area contributed by atoms with Crippen molar-refractivity contribution in [3.63, 3.8) is 0 Å². The molecule has 3 fully saturated rings. The number of benzene rings is 1. The zero-order valence-electron chi connectivity index (χ0n) is 11.8. The van der Waals surface area contributed by atoms with E-state index in [4.69, 9.17) is 10.5 Å². The van der Waals surface area contributed by atoms with Gasteiger partial charge in [-0.1, -0.05) is 0 Å². The summed E-state index contributed by atoms with van der Waals surface area (Å²) < 4.78 is 33.9. The molecule has 22 heavy (non-hydrogen) atoms. The molecule has 2 aliphatic heterocycles. The summed E-state index contributed by atoms with van der Waals surface area (Å²) in [5.74, 6) is 1.62. The number of carbonyl (C=O) groups is 1. The number of fused-ring (bicyclic) bond motifs is 1. The van der Waals surface area contributed by atoms with E-state index in [0.29, 0.717) is 11.8 Å². The minimum absolute atomic E-state index is 0.00220. The highest BCUT2D eigenvalue weighted by Crippen LogP contribution is 2.61. The average Bonchev–Trinajstić information content (AvgIpc) is 2.87. The number of carbonyl (C=O) groups excluding carboxylic acids is 1. The van der Waals surface area contributed by atoms with Crippen LogP contribution in [0, 0.1) is 23.5 Å². The third-order valence-electron chi connectivity index (χ3n) is 4.80. The fourth-order valence-corrected chi connectivity index (χ4v) is 5.16. The maximum absolute atomic E-state index is 14.4. The third-order valence-corrected chi connectivity index (χ3v) is 6.04. The van der Waals surface area contributed by atoms with Crippen LogP contribution in [-0.2, 0) is 4.74 Å². The Morgan fingerprint density at radius 1 is 1.27 bits per heavy atom. The molecule has 0 radical (unpaired) electrons. The number of nitrogens with zero attached hydrogens (tertiary/aromatic N) is 1. The van der Waals surface area contributed by atoms with Gasteiger partial charge < -0.3 is 10.5 Å². The number of ether oxygens (including phenoxy) is 1. The molecule has 1 amide bonds. The lowest BCUT2D eigenvalue weighted by Gasteiger charge is -2.15. The van der Waals surface area contributed by atoms with Crippen molar-refractivity contribution in [2.75, 3.05) is 29.5 Å². The normalized spacial score (nSPS) is 33.0. The standard InChI is InChI=1S/C15H16F2N2O2S/c16-11-1-7(19-4-8(3-18)21-15(19)20)2-12(17)14(11)13-9-5-22-6-10(9)13/h1-2,8-10,13H,3-6,18H2/t8-,9-,10+,13+/m0/s1. The van der Waals surface area contributed by atoms with Crippen molar-refractivity contribution in [3.8, 4) is 0 Å². The van der Waals surface area contributed by atoms with Crippen molar-refractivity contribution in [3.05, 3.63) is 29.3 Å². The molecule has 3 aliphatic rings. The number of thioether (sulfide) groups is 1. The van der Waals surface area contributed by atoms with Crippen molar-refractivity contribution in [2.45, 2.75) is 12.0 Å². The minimum atomic E-state index is -0.610. The molecule has 2 N–H and O–H groups in total. The highest BCUT2D eigenvalue weighted by Gasteiger charge is 2.55. The predicted molar refractivity (Wildman–Crippen MR) is 80.1 cm³/mol. The van der Waals surface area contributed by atoms with Crippen LogP contribution in [0.1, 0.15) is 11.5 Å². The van der Waals surface area contributed by atoms with E-state index in [0.717, 1.165) is 11.5 Å². The van der Waals surface area contributed by atoms with Gasteiger partial charge >= 0.3 is 6.09 Å². The Balaban J connectivity index is 1.62. The summed E-state index contributed by atoms with van der Waals surface area (Å²) in [6.45, 7) is 0.410. The van der Waals surface area contributed by atoms with Crippen LogP contribution in [0.5, 0.6) is 0 Å². The summed E-state index contributed by atoms with van der Waals surface area (Å²) in [4.78, 5) is 13.0. The molecule has 1 aromatic carbocycles. The topological polar surface area (TPSA) is 55.6 Å². The number of anilines is 1. The first-order valence-corrected chi connectivity index (χ1v) is 8.50. The second-order valence-electron chi connectivity index (χ2n) is 6.07. The summed E-state index contributed by atoms with van der Waals surface area (Å²) in [6.07, 6.45) is -1.04. The molecule has 2 saturated heterocycles. The Morgan fingerprint density at radius 2 is 1.91 bits per heavy atom. The van der Waals surface area contributed by atoms with Gasteiger partial charge in [-0.25, -0.2) is 13.6 Å². The molecule has 4 atom stereocenters. The molecule has 1 aliphatic carbocycles. The monoisotopic (exact) mass is 326 g/mol. The summed E-state index contributed by atoms with van der Waals surface area (Å²) >= 11 is 1.84. The Bertz CT molecular complexity index is 609. The van der Waals surface area contributed by atoms with E-state index in [-0.39, 0.29) is 30.3 Å². The molecular weight excluding hydrogens is 310 g/mol. The van der Waals surface area contributed by atoms with Crippen molar-refractivity contribution < 1.29 is 18.3 Å². The summed E-state index contributed by atoms with van der Waals surface area (Å²) in [7, 11) is 0. The summed E-state index contributed by atoms with van der Waals surface area (Å²) in [5.41, 5.74) is 5.84. The Labute approximate surface area is 131 Å². The highest BCUT2D eigenvalue weighted by atomic mass is 32.2. The van der Waals surface area contributed by atoms with Gasteiger partial charge in [0, 0.05) is 12.1 Å². The molecule has 0 spiro atoms. The molecule has 4 nitrogen and oxygen atoms in total. The molecule has 118 valence electrons. The summed E-state index contributed by atoms with van der Waals surface area (Å²) in [6, 6.07) is 2.47. The number of hydrogen-bond donors (Lipinski definition) is 1. The van der Waals surface area contributed by atoms with Crippen LogP contribution >= 0.6 is 11.8 Å². The van der Waals surface area contributed by atoms with Gasteiger partial charge in [0.05, 0.1) is 12.2 Å². The van der Waals surface area contributed by atoms with Crippen LogP contribution in [0.2, 0.25) is 0 Å². The molecule has 0 aromatic heterocycles. The van der Waals surface area contributed by atoms with Crippen LogP contribution < -0.4 is 10.6 Å². The first-order chi connectivity index (χ1) is 10.6. The maximum atomic E-state index is 14.4. The van der Waals surface area contributed by atoms with Crippen LogP contribution in [0.15, 0.2) is 12.1 Å². The first-order valence-electron chi connectivity index (χ1n) is 7.35. The molecule has 1 aromatic rings. The Morgan fingerprint density at radius 3 is 2.45 bits per heavy atom. The fraction of sp³-hybridized carbons (Fsp3) is 0.533. The Hall–Kier alpha value is -1.34. The van der Waals surface area contributed by atoms with E-state index in [1.54, 1.807) is 0 Å². The van der Waals surface area contributed by atoms with Crippen molar-refractivity contribution in [1.82, 2.24) is 0 Å². The minimum Gasteiger partial charge on any atom is -0.443 e. The predicted octanol–water partition coefficient (Wildman–Crippen LogP) is 2.33. The quantitative estimate of drug-likeness (QED) is 0.926.